The minimum absolute atomic E-state index is 0.201. The summed E-state index contributed by atoms with van der Waals surface area (Å²) in [6, 6.07) is 2.17. The van der Waals surface area contributed by atoms with Crippen molar-refractivity contribution in [2.75, 3.05) is 13.6 Å². The van der Waals surface area contributed by atoms with Gasteiger partial charge in [-0.05, 0) is 13.0 Å². The third-order valence-electron chi connectivity index (χ3n) is 3.08. The molecule has 19 heavy (non-hydrogen) atoms. The second kappa shape index (κ2) is 5.05. The fraction of sp³-hybridized carbons (Fsp3) is 0.385. The molecule has 0 amide bonds. The van der Waals surface area contributed by atoms with Crippen molar-refractivity contribution >= 4 is 17.3 Å². The maximum absolute atomic E-state index is 5.08. The Morgan fingerprint density at radius 2 is 2.47 bits per heavy atom. The van der Waals surface area contributed by atoms with Gasteiger partial charge in [-0.25, -0.2) is 4.98 Å². The normalized spacial score (nSPS) is 18.2. The molecule has 0 aromatic carbocycles. The number of aryl methyl sites for hydroxylation is 1. The van der Waals surface area contributed by atoms with Gasteiger partial charge in [-0.15, -0.1) is 11.3 Å². The molecular formula is C13H16N4OS. The number of aliphatic imine (C=N–C) groups is 1. The molecule has 1 unspecified atom stereocenters. The van der Waals surface area contributed by atoms with Crippen molar-refractivity contribution in [1.29, 1.82) is 0 Å². The molecule has 2 aromatic rings. The molecule has 1 aliphatic heterocycles. The van der Waals surface area contributed by atoms with Gasteiger partial charge < -0.3 is 14.6 Å². The summed E-state index contributed by atoms with van der Waals surface area (Å²) >= 11 is 1.68. The number of nitrogens with one attached hydrogen (secondary N) is 1. The summed E-state index contributed by atoms with van der Waals surface area (Å²) < 4.78 is 5.08. The van der Waals surface area contributed by atoms with Crippen LogP contribution in [0.4, 0.5) is 0 Å². The molecule has 2 aromatic heterocycles. The van der Waals surface area contributed by atoms with E-state index >= 15 is 0 Å². The largest absolute Gasteiger partial charge is 0.472 e. The number of thiazole rings is 1. The van der Waals surface area contributed by atoms with Crippen molar-refractivity contribution in [2.24, 2.45) is 4.99 Å². The number of furan rings is 1. The molecule has 5 nitrogen and oxygen atoms in total. The maximum Gasteiger partial charge on any atom is 0.194 e. The lowest BCUT2D eigenvalue weighted by molar-refractivity contribution is 0.473. The Kier molecular flexibility index (Phi) is 3.25. The fourth-order valence-electron chi connectivity index (χ4n) is 2.09. The minimum Gasteiger partial charge on any atom is -0.472 e. The predicted octanol–water partition coefficient (Wildman–Crippen LogP) is 2.18. The summed E-state index contributed by atoms with van der Waals surface area (Å²) in [5.41, 5.74) is 2.22. The van der Waals surface area contributed by atoms with Gasteiger partial charge in [0.25, 0.3) is 0 Å². The molecule has 3 rings (SSSR count). The van der Waals surface area contributed by atoms with Crippen LogP contribution in [-0.4, -0.2) is 29.4 Å². The average molecular weight is 276 g/mol. The van der Waals surface area contributed by atoms with Gasteiger partial charge in [-0.1, -0.05) is 0 Å². The molecule has 1 aliphatic rings. The fourth-order valence-corrected chi connectivity index (χ4v) is 2.76. The van der Waals surface area contributed by atoms with E-state index in [9.17, 15) is 0 Å². The molecule has 100 valence electrons. The maximum atomic E-state index is 5.08. The lowest BCUT2D eigenvalue weighted by Gasteiger charge is -2.19. The van der Waals surface area contributed by atoms with E-state index in [-0.39, 0.29) is 6.04 Å². The Balaban J connectivity index is 1.62. The van der Waals surface area contributed by atoms with Gasteiger partial charge in [0.1, 0.15) is 0 Å². The first kappa shape index (κ1) is 12.2. The highest BCUT2D eigenvalue weighted by molar-refractivity contribution is 7.09. The van der Waals surface area contributed by atoms with Crippen LogP contribution in [-0.2, 0) is 6.54 Å². The van der Waals surface area contributed by atoms with E-state index in [1.807, 2.05) is 20.0 Å². The van der Waals surface area contributed by atoms with Crippen LogP contribution in [0.1, 0.15) is 22.3 Å². The highest BCUT2D eigenvalue weighted by Gasteiger charge is 2.23. The highest BCUT2D eigenvalue weighted by atomic mass is 32.1. The molecular weight excluding hydrogens is 260 g/mol. The topological polar surface area (TPSA) is 53.7 Å². The molecule has 6 heteroatoms. The highest BCUT2D eigenvalue weighted by Crippen LogP contribution is 2.20. The lowest BCUT2D eigenvalue weighted by atomic mass is 10.2. The van der Waals surface area contributed by atoms with E-state index in [2.05, 4.69) is 25.6 Å². The molecule has 1 atom stereocenters. The van der Waals surface area contributed by atoms with E-state index < -0.39 is 0 Å². The van der Waals surface area contributed by atoms with Crippen LogP contribution in [0, 0.1) is 6.92 Å². The van der Waals surface area contributed by atoms with Crippen molar-refractivity contribution in [2.45, 2.75) is 19.5 Å². The van der Waals surface area contributed by atoms with Crippen molar-refractivity contribution in [3.8, 4) is 0 Å². The number of nitrogens with zero attached hydrogens (tertiary/aromatic N) is 3. The second-order valence-corrected chi connectivity index (χ2v) is 5.70. The number of aromatic nitrogens is 1. The van der Waals surface area contributed by atoms with Crippen LogP contribution in [0.3, 0.4) is 0 Å². The SMILES string of the molecule is Cc1nc(C2CN=C(N(C)Cc3ccoc3)N2)cs1. The molecule has 0 radical (unpaired) electrons. The zero-order chi connectivity index (χ0) is 13.2. The van der Waals surface area contributed by atoms with Crippen LogP contribution in [0.5, 0.6) is 0 Å². The van der Waals surface area contributed by atoms with Crippen molar-refractivity contribution in [3.63, 3.8) is 0 Å². The zero-order valence-electron chi connectivity index (χ0n) is 11.0. The monoisotopic (exact) mass is 276 g/mol. The molecule has 0 fully saturated rings. The van der Waals surface area contributed by atoms with Crippen LogP contribution in [0.15, 0.2) is 33.4 Å². The summed E-state index contributed by atoms with van der Waals surface area (Å²) in [5.74, 6) is 0.914. The minimum atomic E-state index is 0.201. The van der Waals surface area contributed by atoms with E-state index in [1.54, 1.807) is 23.9 Å². The molecule has 0 aliphatic carbocycles. The van der Waals surface area contributed by atoms with Gasteiger partial charge in [0.05, 0.1) is 35.8 Å². The van der Waals surface area contributed by atoms with Crippen molar-refractivity contribution < 1.29 is 4.42 Å². The van der Waals surface area contributed by atoms with Crippen molar-refractivity contribution in [3.05, 3.63) is 40.2 Å². The van der Waals surface area contributed by atoms with E-state index in [0.29, 0.717) is 0 Å². The van der Waals surface area contributed by atoms with E-state index in [0.717, 1.165) is 35.3 Å². The number of rotatable bonds is 3. The molecule has 0 saturated heterocycles. The summed E-state index contributed by atoms with van der Waals surface area (Å²) in [7, 11) is 2.02. The summed E-state index contributed by atoms with van der Waals surface area (Å²) in [4.78, 5) is 11.1. The molecule has 0 spiro atoms. The molecule has 0 saturated carbocycles. The Hall–Kier alpha value is -1.82. The van der Waals surface area contributed by atoms with E-state index in [1.165, 1.54) is 0 Å². The van der Waals surface area contributed by atoms with Crippen LogP contribution in [0.25, 0.3) is 0 Å². The van der Waals surface area contributed by atoms with Gasteiger partial charge in [-0.2, -0.15) is 0 Å². The smallest absolute Gasteiger partial charge is 0.194 e. The molecule has 0 bridgehead atoms. The summed E-state index contributed by atoms with van der Waals surface area (Å²) in [6.45, 7) is 3.55. The van der Waals surface area contributed by atoms with Crippen LogP contribution in [0.2, 0.25) is 0 Å². The Labute approximate surface area is 116 Å². The Morgan fingerprint density at radius 1 is 1.58 bits per heavy atom. The quantitative estimate of drug-likeness (QED) is 0.933. The van der Waals surface area contributed by atoms with Gasteiger partial charge in [0.15, 0.2) is 5.96 Å². The van der Waals surface area contributed by atoms with Gasteiger partial charge in [0, 0.05) is 24.5 Å². The van der Waals surface area contributed by atoms with Crippen LogP contribution >= 0.6 is 11.3 Å². The van der Waals surface area contributed by atoms with Gasteiger partial charge >= 0.3 is 0 Å². The molecule has 3 heterocycles. The predicted molar refractivity (Wildman–Crippen MR) is 75.2 cm³/mol. The standard InChI is InChI=1S/C13H16N4OS/c1-9-15-12(8-19-9)11-5-14-13(16-11)17(2)6-10-3-4-18-7-10/h3-4,7-8,11H,5-6H2,1-2H3,(H,14,16). The Bertz CT molecular complexity index is 575. The first-order valence-corrected chi connectivity index (χ1v) is 7.05. The number of hydrogen-bond acceptors (Lipinski definition) is 6. The second-order valence-electron chi connectivity index (χ2n) is 4.64. The summed E-state index contributed by atoms with van der Waals surface area (Å²) in [5, 5.41) is 6.62. The van der Waals surface area contributed by atoms with Crippen molar-refractivity contribution in [1.82, 2.24) is 15.2 Å². The first-order valence-electron chi connectivity index (χ1n) is 6.17. The molecule has 1 N–H and O–H groups in total. The lowest BCUT2D eigenvalue weighted by Crippen LogP contribution is -2.36. The van der Waals surface area contributed by atoms with E-state index in [4.69, 9.17) is 4.42 Å². The average Bonchev–Trinajstić information content (AvgIpc) is 3.07. The summed E-state index contributed by atoms with van der Waals surface area (Å²) in [6.07, 6.45) is 3.45. The Morgan fingerprint density at radius 3 is 3.16 bits per heavy atom. The zero-order valence-corrected chi connectivity index (χ0v) is 11.8. The van der Waals surface area contributed by atoms with Gasteiger partial charge in [0.2, 0.25) is 0 Å². The van der Waals surface area contributed by atoms with Gasteiger partial charge in [-0.3, -0.25) is 4.99 Å². The van der Waals surface area contributed by atoms with Crippen LogP contribution < -0.4 is 5.32 Å². The number of guanidine groups is 1. The third kappa shape index (κ3) is 2.63. The first-order chi connectivity index (χ1) is 9.22. The third-order valence-corrected chi connectivity index (χ3v) is 3.87. The number of hydrogen-bond donors (Lipinski definition) is 1.